The Hall–Kier alpha value is -1.52. The van der Waals surface area contributed by atoms with Crippen LogP contribution in [0.15, 0.2) is 46.9 Å². The highest BCUT2D eigenvalue weighted by Crippen LogP contribution is 2.21. The topological polar surface area (TPSA) is 41.1 Å². The van der Waals surface area contributed by atoms with Gasteiger partial charge in [0.15, 0.2) is 0 Å². The van der Waals surface area contributed by atoms with E-state index in [2.05, 4.69) is 26.6 Å². The van der Waals surface area contributed by atoms with E-state index in [1.165, 1.54) is 0 Å². The number of nitrogens with one attached hydrogen (secondary N) is 2. The van der Waals surface area contributed by atoms with Crippen LogP contribution in [-0.4, -0.2) is 11.9 Å². The van der Waals surface area contributed by atoms with E-state index in [1.807, 2.05) is 32.0 Å². The van der Waals surface area contributed by atoms with Gasteiger partial charge in [0, 0.05) is 20.9 Å². The van der Waals surface area contributed by atoms with Gasteiger partial charge < -0.3 is 10.6 Å². The fourth-order valence-corrected chi connectivity index (χ4v) is 2.30. The van der Waals surface area contributed by atoms with Crippen LogP contribution in [0.3, 0.4) is 0 Å². The molecule has 0 saturated carbocycles. The van der Waals surface area contributed by atoms with E-state index in [0.29, 0.717) is 10.7 Å². The number of hydrogen-bond acceptors (Lipinski definition) is 2. The molecule has 2 aromatic rings. The summed E-state index contributed by atoms with van der Waals surface area (Å²) in [4.78, 5) is 12.2. The zero-order valence-electron chi connectivity index (χ0n) is 11.8. The van der Waals surface area contributed by atoms with Gasteiger partial charge in [-0.2, -0.15) is 0 Å². The predicted octanol–water partition coefficient (Wildman–Crippen LogP) is 4.85. The lowest BCUT2D eigenvalue weighted by Gasteiger charge is -2.16. The molecule has 3 nitrogen and oxygen atoms in total. The van der Waals surface area contributed by atoms with Crippen molar-refractivity contribution in [2.75, 3.05) is 10.6 Å². The van der Waals surface area contributed by atoms with Crippen molar-refractivity contribution in [3.8, 4) is 0 Å². The minimum absolute atomic E-state index is 0.113. The summed E-state index contributed by atoms with van der Waals surface area (Å²) in [6, 6.07) is 12.6. The molecule has 1 atom stereocenters. The number of carbonyl (C=O) groups excluding carboxylic acids is 1. The summed E-state index contributed by atoms with van der Waals surface area (Å²) in [6.07, 6.45) is 0. The second-order valence-electron chi connectivity index (χ2n) is 4.83. The number of aryl methyl sites for hydroxylation is 1. The van der Waals surface area contributed by atoms with Crippen LogP contribution in [0.4, 0.5) is 11.4 Å². The zero-order valence-corrected chi connectivity index (χ0v) is 14.1. The quantitative estimate of drug-likeness (QED) is 0.811. The van der Waals surface area contributed by atoms with Crippen molar-refractivity contribution in [2.24, 2.45) is 0 Å². The van der Waals surface area contributed by atoms with Crippen LogP contribution in [-0.2, 0) is 4.79 Å². The number of rotatable bonds is 4. The van der Waals surface area contributed by atoms with Crippen LogP contribution in [0.5, 0.6) is 0 Å². The normalized spacial score (nSPS) is 11.8. The van der Waals surface area contributed by atoms with E-state index < -0.39 is 0 Å². The molecule has 0 aliphatic rings. The van der Waals surface area contributed by atoms with Crippen molar-refractivity contribution in [2.45, 2.75) is 19.9 Å². The summed E-state index contributed by atoms with van der Waals surface area (Å²) in [5.74, 6) is -0.113. The molecule has 1 amide bonds. The molecule has 0 saturated heterocycles. The van der Waals surface area contributed by atoms with Crippen molar-refractivity contribution < 1.29 is 4.79 Å². The minimum atomic E-state index is -0.357. The van der Waals surface area contributed by atoms with Crippen molar-refractivity contribution in [1.82, 2.24) is 0 Å². The summed E-state index contributed by atoms with van der Waals surface area (Å²) < 4.78 is 1.05. The number of amides is 1. The Morgan fingerprint density at radius 1 is 1.19 bits per heavy atom. The SMILES string of the molecule is Cc1cc(N[C@H](C)C(=O)Nc2cccc(Cl)c2)ccc1Br. The summed E-state index contributed by atoms with van der Waals surface area (Å²) in [7, 11) is 0. The average Bonchev–Trinajstić information content (AvgIpc) is 2.43. The molecule has 110 valence electrons. The lowest BCUT2D eigenvalue weighted by atomic mass is 10.2. The van der Waals surface area contributed by atoms with Crippen molar-refractivity contribution in [3.63, 3.8) is 0 Å². The van der Waals surface area contributed by atoms with Gasteiger partial charge in [0.2, 0.25) is 5.91 Å². The largest absolute Gasteiger partial charge is 0.374 e. The smallest absolute Gasteiger partial charge is 0.246 e. The minimum Gasteiger partial charge on any atom is -0.374 e. The summed E-state index contributed by atoms with van der Waals surface area (Å²) in [6.45, 7) is 3.82. The fourth-order valence-electron chi connectivity index (χ4n) is 1.87. The molecule has 5 heteroatoms. The van der Waals surface area contributed by atoms with E-state index in [1.54, 1.807) is 24.3 Å². The van der Waals surface area contributed by atoms with Gasteiger partial charge in [-0.05, 0) is 55.8 Å². The Bertz CT molecular complexity index is 660. The van der Waals surface area contributed by atoms with Crippen LogP contribution in [0.2, 0.25) is 5.02 Å². The number of anilines is 2. The summed E-state index contributed by atoms with van der Waals surface area (Å²) in [5, 5.41) is 6.61. The Labute approximate surface area is 137 Å². The molecule has 0 heterocycles. The molecule has 0 radical (unpaired) electrons. The van der Waals surface area contributed by atoms with Crippen LogP contribution >= 0.6 is 27.5 Å². The van der Waals surface area contributed by atoms with E-state index in [0.717, 1.165) is 15.7 Å². The first-order chi connectivity index (χ1) is 9.95. The van der Waals surface area contributed by atoms with Crippen LogP contribution < -0.4 is 10.6 Å². The first-order valence-electron chi connectivity index (χ1n) is 6.55. The molecule has 0 aliphatic carbocycles. The zero-order chi connectivity index (χ0) is 15.4. The maximum atomic E-state index is 12.2. The third-order valence-corrected chi connectivity index (χ3v) is 4.15. The molecule has 0 spiro atoms. The highest BCUT2D eigenvalue weighted by atomic mass is 79.9. The number of hydrogen-bond donors (Lipinski definition) is 2. The molecule has 0 fully saturated rings. The Morgan fingerprint density at radius 3 is 2.62 bits per heavy atom. The second-order valence-corrected chi connectivity index (χ2v) is 6.12. The highest BCUT2D eigenvalue weighted by Gasteiger charge is 2.13. The van der Waals surface area contributed by atoms with Gasteiger partial charge in [-0.15, -0.1) is 0 Å². The summed E-state index contributed by atoms with van der Waals surface area (Å²) in [5.41, 5.74) is 2.71. The fraction of sp³-hybridized carbons (Fsp3) is 0.188. The molecule has 0 aromatic heterocycles. The van der Waals surface area contributed by atoms with E-state index in [-0.39, 0.29) is 11.9 Å². The molecule has 21 heavy (non-hydrogen) atoms. The molecular weight excluding hydrogens is 352 g/mol. The lowest BCUT2D eigenvalue weighted by molar-refractivity contribution is -0.116. The third-order valence-electron chi connectivity index (χ3n) is 3.03. The average molecular weight is 368 g/mol. The summed E-state index contributed by atoms with van der Waals surface area (Å²) >= 11 is 9.35. The first-order valence-corrected chi connectivity index (χ1v) is 7.72. The van der Waals surface area contributed by atoms with Gasteiger partial charge in [0.1, 0.15) is 6.04 Å². The van der Waals surface area contributed by atoms with Gasteiger partial charge in [0.25, 0.3) is 0 Å². The molecule has 0 bridgehead atoms. The third kappa shape index (κ3) is 4.48. The predicted molar refractivity (Wildman–Crippen MR) is 92.0 cm³/mol. The molecule has 0 unspecified atom stereocenters. The monoisotopic (exact) mass is 366 g/mol. The molecule has 2 aromatic carbocycles. The van der Waals surface area contributed by atoms with Gasteiger partial charge in [-0.1, -0.05) is 33.6 Å². The lowest BCUT2D eigenvalue weighted by Crippen LogP contribution is -2.31. The molecule has 0 aliphatic heterocycles. The Morgan fingerprint density at radius 2 is 1.95 bits per heavy atom. The number of benzene rings is 2. The standard InChI is InChI=1S/C16H16BrClN2O/c1-10-8-14(6-7-15(10)17)19-11(2)16(21)20-13-5-3-4-12(18)9-13/h3-9,11,19H,1-2H3,(H,20,21)/t11-/m1/s1. The first kappa shape index (κ1) is 15.9. The second kappa shape index (κ2) is 6.96. The number of carbonyl (C=O) groups is 1. The Kier molecular flexibility index (Phi) is 5.26. The molecular formula is C16H16BrClN2O. The van der Waals surface area contributed by atoms with Gasteiger partial charge in [0.05, 0.1) is 0 Å². The van der Waals surface area contributed by atoms with Crippen LogP contribution in [0.25, 0.3) is 0 Å². The Balaban J connectivity index is 2.00. The molecule has 2 rings (SSSR count). The van der Waals surface area contributed by atoms with Crippen molar-refractivity contribution >= 4 is 44.8 Å². The maximum Gasteiger partial charge on any atom is 0.246 e. The molecule has 2 N–H and O–H groups in total. The van der Waals surface area contributed by atoms with Gasteiger partial charge in [-0.3, -0.25) is 4.79 Å². The number of halogens is 2. The van der Waals surface area contributed by atoms with Crippen molar-refractivity contribution in [1.29, 1.82) is 0 Å². The van der Waals surface area contributed by atoms with E-state index in [9.17, 15) is 4.79 Å². The van der Waals surface area contributed by atoms with Gasteiger partial charge >= 0.3 is 0 Å². The van der Waals surface area contributed by atoms with E-state index >= 15 is 0 Å². The van der Waals surface area contributed by atoms with Crippen molar-refractivity contribution in [3.05, 3.63) is 57.5 Å². The van der Waals surface area contributed by atoms with E-state index in [4.69, 9.17) is 11.6 Å². The van der Waals surface area contributed by atoms with Crippen LogP contribution in [0, 0.1) is 6.92 Å². The van der Waals surface area contributed by atoms with Gasteiger partial charge in [-0.25, -0.2) is 0 Å². The van der Waals surface area contributed by atoms with Crippen LogP contribution in [0.1, 0.15) is 12.5 Å². The highest BCUT2D eigenvalue weighted by molar-refractivity contribution is 9.10. The maximum absolute atomic E-state index is 12.2.